The number of esters is 1. The zero-order valence-electron chi connectivity index (χ0n) is 10.0. The van der Waals surface area contributed by atoms with E-state index in [1.54, 1.807) is 24.3 Å². The highest BCUT2D eigenvalue weighted by Crippen LogP contribution is 2.11. The molecule has 2 N–H and O–H groups in total. The SMILES string of the molecule is COC(=O)c1ccc(NC(=O)CSCCO)cc1. The van der Waals surface area contributed by atoms with Gasteiger partial charge in [-0.25, -0.2) is 4.79 Å². The number of carbonyl (C=O) groups is 2. The maximum atomic E-state index is 11.5. The molecule has 0 aliphatic heterocycles. The van der Waals surface area contributed by atoms with E-state index in [1.165, 1.54) is 18.9 Å². The Morgan fingerprint density at radius 2 is 2.00 bits per heavy atom. The molecule has 0 unspecified atom stereocenters. The lowest BCUT2D eigenvalue weighted by Crippen LogP contribution is -2.14. The second-order valence-corrected chi connectivity index (χ2v) is 4.50. The van der Waals surface area contributed by atoms with Crippen LogP contribution in [0.1, 0.15) is 10.4 Å². The lowest BCUT2D eigenvalue weighted by atomic mass is 10.2. The Labute approximate surface area is 110 Å². The van der Waals surface area contributed by atoms with E-state index < -0.39 is 5.97 Å². The second kappa shape index (κ2) is 7.73. The summed E-state index contributed by atoms with van der Waals surface area (Å²) in [6.45, 7) is 0.0613. The van der Waals surface area contributed by atoms with E-state index in [0.717, 1.165) is 0 Å². The van der Waals surface area contributed by atoms with Crippen molar-refractivity contribution in [2.24, 2.45) is 0 Å². The van der Waals surface area contributed by atoms with Gasteiger partial charge in [0, 0.05) is 11.4 Å². The summed E-state index contributed by atoms with van der Waals surface area (Å²) in [4.78, 5) is 22.6. The van der Waals surface area contributed by atoms with Crippen LogP contribution in [-0.2, 0) is 9.53 Å². The third-order valence-electron chi connectivity index (χ3n) is 2.06. The van der Waals surface area contributed by atoms with E-state index in [2.05, 4.69) is 10.1 Å². The molecule has 0 saturated heterocycles. The third-order valence-corrected chi connectivity index (χ3v) is 3.00. The molecule has 1 aromatic rings. The molecule has 0 fully saturated rings. The molecule has 98 valence electrons. The molecule has 18 heavy (non-hydrogen) atoms. The molecule has 0 atom stereocenters. The molecule has 1 amide bonds. The van der Waals surface area contributed by atoms with Gasteiger partial charge in [0.05, 0.1) is 25.0 Å². The van der Waals surface area contributed by atoms with Crippen molar-refractivity contribution in [3.05, 3.63) is 29.8 Å². The molecule has 0 radical (unpaired) electrons. The number of aliphatic hydroxyl groups excluding tert-OH is 1. The molecular weight excluding hydrogens is 254 g/mol. The highest BCUT2D eigenvalue weighted by atomic mass is 32.2. The molecule has 0 bridgehead atoms. The molecule has 0 aliphatic carbocycles. The molecule has 1 aromatic carbocycles. The van der Waals surface area contributed by atoms with Gasteiger partial charge in [0.2, 0.25) is 5.91 Å². The van der Waals surface area contributed by atoms with Gasteiger partial charge in [-0.2, -0.15) is 0 Å². The fourth-order valence-electron chi connectivity index (χ4n) is 1.23. The van der Waals surface area contributed by atoms with Crippen LogP contribution in [0.4, 0.5) is 5.69 Å². The Balaban J connectivity index is 2.48. The summed E-state index contributed by atoms with van der Waals surface area (Å²) in [6, 6.07) is 6.45. The van der Waals surface area contributed by atoms with Gasteiger partial charge >= 0.3 is 5.97 Å². The van der Waals surface area contributed by atoms with Crippen LogP contribution in [0.5, 0.6) is 0 Å². The number of amides is 1. The number of anilines is 1. The number of benzene rings is 1. The Kier molecular flexibility index (Phi) is 6.24. The van der Waals surface area contributed by atoms with Gasteiger partial charge in [-0.1, -0.05) is 0 Å². The highest BCUT2D eigenvalue weighted by Gasteiger charge is 2.06. The molecule has 1 rings (SSSR count). The third kappa shape index (κ3) is 4.77. The summed E-state index contributed by atoms with van der Waals surface area (Å²) in [6.07, 6.45) is 0. The van der Waals surface area contributed by atoms with Gasteiger partial charge in [0.25, 0.3) is 0 Å². The van der Waals surface area contributed by atoms with Gasteiger partial charge in [-0.15, -0.1) is 11.8 Å². The fourth-order valence-corrected chi connectivity index (χ4v) is 1.76. The zero-order chi connectivity index (χ0) is 13.4. The lowest BCUT2D eigenvalue weighted by Gasteiger charge is -2.05. The minimum absolute atomic E-state index is 0.0613. The highest BCUT2D eigenvalue weighted by molar-refractivity contribution is 7.99. The predicted octanol–water partition coefficient (Wildman–Crippen LogP) is 1.14. The number of nitrogens with one attached hydrogen (secondary N) is 1. The number of aliphatic hydroxyl groups is 1. The van der Waals surface area contributed by atoms with Gasteiger partial charge in [-0.3, -0.25) is 4.79 Å². The number of rotatable bonds is 6. The van der Waals surface area contributed by atoms with Crippen molar-refractivity contribution < 1.29 is 19.4 Å². The number of ether oxygens (including phenoxy) is 1. The summed E-state index contributed by atoms with van der Waals surface area (Å²) in [7, 11) is 1.32. The summed E-state index contributed by atoms with van der Waals surface area (Å²) < 4.78 is 4.57. The van der Waals surface area contributed by atoms with Gasteiger partial charge in [-0.05, 0) is 24.3 Å². The van der Waals surface area contributed by atoms with Crippen LogP contribution in [0.3, 0.4) is 0 Å². The second-order valence-electron chi connectivity index (χ2n) is 3.39. The van der Waals surface area contributed by atoms with Crippen LogP contribution in [0.25, 0.3) is 0 Å². The van der Waals surface area contributed by atoms with Crippen LogP contribution in [0.15, 0.2) is 24.3 Å². The van der Waals surface area contributed by atoms with Crippen LogP contribution >= 0.6 is 11.8 Å². The number of thioether (sulfide) groups is 1. The van der Waals surface area contributed by atoms with Crippen molar-refractivity contribution in [2.45, 2.75) is 0 Å². The minimum Gasteiger partial charge on any atom is -0.465 e. The van der Waals surface area contributed by atoms with Gasteiger partial charge < -0.3 is 15.2 Å². The maximum Gasteiger partial charge on any atom is 0.337 e. The lowest BCUT2D eigenvalue weighted by molar-refractivity contribution is -0.113. The van der Waals surface area contributed by atoms with Crippen molar-refractivity contribution in [3.8, 4) is 0 Å². The van der Waals surface area contributed by atoms with Gasteiger partial charge in [0.15, 0.2) is 0 Å². The van der Waals surface area contributed by atoms with Crippen LogP contribution in [0, 0.1) is 0 Å². The van der Waals surface area contributed by atoms with E-state index in [4.69, 9.17) is 5.11 Å². The molecule has 5 nitrogen and oxygen atoms in total. The fraction of sp³-hybridized carbons (Fsp3) is 0.333. The first-order valence-electron chi connectivity index (χ1n) is 5.34. The first kappa shape index (κ1) is 14.5. The standard InChI is InChI=1S/C12H15NO4S/c1-17-12(16)9-2-4-10(5-3-9)13-11(15)8-18-7-6-14/h2-5,14H,6-8H2,1H3,(H,13,15). The van der Waals surface area contributed by atoms with Crippen molar-refractivity contribution in [1.29, 1.82) is 0 Å². The normalized spacial score (nSPS) is 9.89. The molecule has 0 spiro atoms. The molecule has 0 aromatic heterocycles. The molecule has 0 saturated carbocycles. The minimum atomic E-state index is -0.411. The van der Waals surface area contributed by atoms with Crippen LogP contribution < -0.4 is 5.32 Å². The topological polar surface area (TPSA) is 75.6 Å². The summed E-state index contributed by atoms with van der Waals surface area (Å²) >= 11 is 1.36. The van der Waals surface area contributed by atoms with Crippen LogP contribution in [-0.4, -0.2) is 42.2 Å². The Morgan fingerprint density at radius 1 is 1.33 bits per heavy atom. The average Bonchev–Trinajstić information content (AvgIpc) is 2.39. The summed E-state index contributed by atoms with van der Waals surface area (Å²) in [5, 5.41) is 11.3. The Morgan fingerprint density at radius 3 is 2.56 bits per heavy atom. The summed E-state index contributed by atoms with van der Waals surface area (Å²) in [5.74, 6) is 0.277. The van der Waals surface area contributed by atoms with E-state index >= 15 is 0 Å². The molecular formula is C12H15NO4S. The number of methoxy groups -OCH3 is 1. The van der Waals surface area contributed by atoms with Crippen molar-refractivity contribution in [1.82, 2.24) is 0 Å². The monoisotopic (exact) mass is 269 g/mol. The van der Waals surface area contributed by atoms with Gasteiger partial charge in [0.1, 0.15) is 0 Å². The van der Waals surface area contributed by atoms with Crippen LogP contribution in [0.2, 0.25) is 0 Å². The number of carbonyl (C=O) groups excluding carboxylic acids is 2. The average molecular weight is 269 g/mol. The van der Waals surface area contributed by atoms with Crippen molar-refractivity contribution in [2.75, 3.05) is 30.5 Å². The molecule has 0 aliphatic rings. The first-order valence-corrected chi connectivity index (χ1v) is 6.49. The first-order chi connectivity index (χ1) is 8.67. The maximum absolute atomic E-state index is 11.5. The predicted molar refractivity (Wildman–Crippen MR) is 70.8 cm³/mol. The largest absolute Gasteiger partial charge is 0.465 e. The van der Waals surface area contributed by atoms with Crippen molar-refractivity contribution >= 4 is 29.3 Å². The Bertz CT molecular complexity index is 405. The van der Waals surface area contributed by atoms with E-state index in [-0.39, 0.29) is 12.5 Å². The zero-order valence-corrected chi connectivity index (χ0v) is 10.8. The molecule has 6 heteroatoms. The Hall–Kier alpha value is -1.53. The smallest absolute Gasteiger partial charge is 0.337 e. The number of hydrogen-bond donors (Lipinski definition) is 2. The molecule has 0 heterocycles. The van der Waals surface area contributed by atoms with Crippen molar-refractivity contribution in [3.63, 3.8) is 0 Å². The van der Waals surface area contributed by atoms with E-state index in [0.29, 0.717) is 22.8 Å². The summed E-state index contributed by atoms with van der Waals surface area (Å²) in [5.41, 5.74) is 1.06. The number of hydrogen-bond acceptors (Lipinski definition) is 5. The van der Waals surface area contributed by atoms with E-state index in [1.807, 2.05) is 0 Å². The quantitative estimate of drug-likeness (QED) is 0.598. The van der Waals surface area contributed by atoms with E-state index in [9.17, 15) is 9.59 Å².